The number of rotatable bonds is 5. The van der Waals surface area contributed by atoms with Crippen molar-refractivity contribution in [2.45, 2.75) is 6.42 Å². The fourth-order valence-electron chi connectivity index (χ4n) is 2.41. The normalized spacial score (nSPS) is 11.2. The van der Waals surface area contributed by atoms with Gasteiger partial charge in [-0.1, -0.05) is 28.3 Å². The Morgan fingerprint density at radius 2 is 1.85 bits per heavy atom. The third-order valence-electron chi connectivity index (χ3n) is 3.51. The summed E-state index contributed by atoms with van der Waals surface area (Å²) in [5.74, 6) is 1.63. The molecule has 0 fully saturated rings. The summed E-state index contributed by atoms with van der Waals surface area (Å²) in [7, 11) is 0. The van der Waals surface area contributed by atoms with Gasteiger partial charge in [-0.3, -0.25) is 0 Å². The lowest BCUT2D eigenvalue weighted by atomic mass is 10.2. The molecule has 0 bridgehead atoms. The third kappa shape index (κ3) is 3.39. The first-order valence-corrected chi connectivity index (χ1v) is 8.35. The quantitative estimate of drug-likeness (QED) is 0.533. The molecule has 3 aromatic heterocycles. The first kappa shape index (κ1) is 16.6. The Balaban J connectivity index is 1.58. The molecule has 0 atom stereocenters. The Morgan fingerprint density at radius 1 is 1.04 bits per heavy atom. The number of nitrogens with one attached hydrogen (secondary N) is 1. The van der Waals surface area contributed by atoms with Crippen LogP contribution in [0.15, 0.2) is 34.7 Å². The number of nitrogens with two attached hydrogens (primary N) is 1. The second-order valence-electron chi connectivity index (χ2n) is 5.38. The maximum Gasteiger partial charge on any atom is 0.312 e. The largest absolute Gasteiger partial charge is 0.408 e. The summed E-state index contributed by atoms with van der Waals surface area (Å²) in [6.45, 7) is 0.542. The highest BCUT2D eigenvalue weighted by Gasteiger charge is 2.12. The predicted molar refractivity (Wildman–Crippen MR) is 97.1 cm³/mol. The second kappa shape index (κ2) is 6.77. The zero-order valence-electron chi connectivity index (χ0n) is 13.2. The Morgan fingerprint density at radius 3 is 2.58 bits per heavy atom. The average molecular weight is 391 g/mol. The molecule has 132 valence electrons. The fraction of sp³-hybridized carbons (Fsp3) is 0.133. The molecule has 9 nitrogen and oxygen atoms in total. The summed E-state index contributed by atoms with van der Waals surface area (Å²) >= 11 is 12.1. The van der Waals surface area contributed by atoms with E-state index >= 15 is 0 Å². The van der Waals surface area contributed by atoms with E-state index in [1.807, 2.05) is 6.07 Å². The van der Waals surface area contributed by atoms with Crippen molar-refractivity contribution < 1.29 is 4.42 Å². The van der Waals surface area contributed by atoms with Crippen LogP contribution >= 0.6 is 23.2 Å². The molecule has 4 aromatic rings. The Hall–Kier alpha value is -2.91. The van der Waals surface area contributed by atoms with Crippen LogP contribution < -0.4 is 11.1 Å². The number of aromatic nitrogens is 6. The molecule has 0 aliphatic carbocycles. The highest BCUT2D eigenvalue weighted by atomic mass is 35.5. The van der Waals surface area contributed by atoms with Gasteiger partial charge in [0.25, 0.3) is 0 Å². The minimum atomic E-state index is 0.0499. The van der Waals surface area contributed by atoms with Crippen molar-refractivity contribution in [3.05, 3.63) is 46.3 Å². The molecule has 0 aliphatic heterocycles. The standard InChI is InChI=1S/C15H12Cl2N8O/c16-9-5-8(6-10(17)7-9)14-22-20-12-2-1-11(24-25(12)14)19-4-3-13-21-23-15(18)26-13/h1-2,5-7H,3-4H2,(H2,18,23)(H,19,24). The van der Waals surface area contributed by atoms with Gasteiger partial charge in [0, 0.05) is 28.6 Å². The summed E-state index contributed by atoms with van der Waals surface area (Å²) in [4.78, 5) is 0. The smallest absolute Gasteiger partial charge is 0.312 e. The maximum absolute atomic E-state index is 6.07. The molecule has 11 heteroatoms. The number of nitrogens with zero attached hydrogens (tertiary/aromatic N) is 6. The highest BCUT2D eigenvalue weighted by Crippen LogP contribution is 2.26. The van der Waals surface area contributed by atoms with Crippen LogP contribution in [0.1, 0.15) is 5.89 Å². The van der Waals surface area contributed by atoms with Gasteiger partial charge in [-0.05, 0) is 30.3 Å². The van der Waals surface area contributed by atoms with Crippen molar-refractivity contribution in [2.75, 3.05) is 17.6 Å². The average Bonchev–Trinajstić information content (AvgIpc) is 3.20. The number of hydrogen-bond acceptors (Lipinski definition) is 8. The minimum absolute atomic E-state index is 0.0499. The number of hydrogen-bond donors (Lipinski definition) is 2. The van der Waals surface area contributed by atoms with Gasteiger partial charge in [-0.2, -0.15) is 4.52 Å². The summed E-state index contributed by atoms with van der Waals surface area (Å²) in [5, 5.41) is 24.4. The first-order valence-electron chi connectivity index (χ1n) is 7.59. The van der Waals surface area contributed by atoms with Crippen LogP contribution in [-0.4, -0.2) is 36.6 Å². The first-order chi connectivity index (χ1) is 12.6. The molecule has 0 unspecified atom stereocenters. The molecular formula is C15H12Cl2N8O. The van der Waals surface area contributed by atoms with Crippen LogP contribution in [0.5, 0.6) is 0 Å². The molecule has 0 aliphatic rings. The van der Waals surface area contributed by atoms with Crippen molar-refractivity contribution in [1.82, 2.24) is 30.0 Å². The summed E-state index contributed by atoms with van der Waals surface area (Å²) in [5.41, 5.74) is 6.72. The van der Waals surface area contributed by atoms with Crippen LogP contribution in [0, 0.1) is 0 Å². The number of halogens is 2. The highest BCUT2D eigenvalue weighted by molar-refractivity contribution is 6.35. The molecule has 3 N–H and O–H groups in total. The monoisotopic (exact) mass is 390 g/mol. The molecule has 26 heavy (non-hydrogen) atoms. The van der Waals surface area contributed by atoms with E-state index in [1.165, 1.54) is 0 Å². The van der Waals surface area contributed by atoms with Gasteiger partial charge in [0.15, 0.2) is 11.5 Å². The third-order valence-corrected chi connectivity index (χ3v) is 3.95. The Labute approximate surface area is 157 Å². The van der Waals surface area contributed by atoms with Gasteiger partial charge in [-0.25, -0.2) is 0 Å². The van der Waals surface area contributed by atoms with Crippen molar-refractivity contribution in [3.8, 4) is 11.4 Å². The maximum atomic E-state index is 6.07. The van der Waals surface area contributed by atoms with Gasteiger partial charge >= 0.3 is 6.01 Å². The van der Waals surface area contributed by atoms with Crippen LogP contribution in [0.25, 0.3) is 17.0 Å². The molecule has 0 amide bonds. The van der Waals surface area contributed by atoms with Crippen molar-refractivity contribution >= 4 is 40.7 Å². The van der Waals surface area contributed by atoms with Crippen LogP contribution in [0.2, 0.25) is 10.0 Å². The van der Waals surface area contributed by atoms with Crippen molar-refractivity contribution in [3.63, 3.8) is 0 Å². The molecule has 3 heterocycles. The summed E-state index contributed by atoms with van der Waals surface area (Å²) in [6.07, 6.45) is 0.517. The molecule has 0 radical (unpaired) electrons. The number of fused-ring (bicyclic) bond motifs is 1. The number of anilines is 2. The Bertz CT molecular complexity index is 1060. The summed E-state index contributed by atoms with van der Waals surface area (Å²) in [6, 6.07) is 8.83. The predicted octanol–water partition coefficient (Wildman–Crippen LogP) is 2.72. The zero-order valence-corrected chi connectivity index (χ0v) is 14.7. The summed E-state index contributed by atoms with van der Waals surface area (Å²) < 4.78 is 6.74. The van der Waals surface area contributed by atoms with E-state index in [0.717, 1.165) is 5.56 Å². The molecular weight excluding hydrogens is 379 g/mol. The van der Waals surface area contributed by atoms with E-state index in [-0.39, 0.29) is 6.01 Å². The van der Waals surface area contributed by atoms with Crippen molar-refractivity contribution in [2.24, 2.45) is 0 Å². The lowest BCUT2D eigenvalue weighted by molar-refractivity contribution is 0.513. The van der Waals surface area contributed by atoms with Gasteiger partial charge < -0.3 is 15.5 Å². The van der Waals surface area contributed by atoms with E-state index in [4.69, 9.17) is 33.4 Å². The van der Waals surface area contributed by atoms with Gasteiger partial charge in [-0.15, -0.1) is 20.4 Å². The molecule has 4 rings (SSSR count). The van der Waals surface area contributed by atoms with Gasteiger partial charge in [0.2, 0.25) is 5.89 Å². The van der Waals surface area contributed by atoms with Crippen LogP contribution in [0.4, 0.5) is 11.8 Å². The molecule has 1 aromatic carbocycles. The van der Waals surface area contributed by atoms with Gasteiger partial charge in [0.1, 0.15) is 5.82 Å². The van der Waals surface area contributed by atoms with E-state index in [0.29, 0.717) is 46.2 Å². The second-order valence-corrected chi connectivity index (χ2v) is 6.25. The lowest BCUT2D eigenvalue weighted by Gasteiger charge is -2.05. The van der Waals surface area contributed by atoms with Gasteiger partial charge in [0.05, 0.1) is 0 Å². The van der Waals surface area contributed by atoms with E-state index in [9.17, 15) is 0 Å². The zero-order chi connectivity index (χ0) is 18.1. The molecule has 0 saturated heterocycles. The lowest BCUT2D eigenvalue weighted by Crippen LogP contribution is -2.08. The van der Waals surface area contributed by atoms with E-state index in [2.05, 4.69) is 30.8 Å². The number of benzene rings is 1. The minimum Gasteiger partial charge on any atom is -0.408 e. The van der Waals surface area contributed by atoms with Crippen LogP contribution in [-0.2, 0) is 6.42 Å². The topological polar surface area (TPSA) is 120 Å². The Kier molecular flexibility index (Phi) is 4.31. The fourth-order valence-corrected chi connectivity index (χ4v) is 2.94. The van der Waals surface area contributed by atoms with E-state index in [1.54, 1.807) is 28.8 Å². The van der Waals surface area contributed by atoms with E-state index < -0.39 is 0 Å². The molecule has 0 saturated carbocycles. The SMILES string of the molecule is Nc1nnc(CCNc2ccc3nnc(-c4cc(Cl)cc(Cl)c4)n3n2)o1. The number of nitrogen functional groups attached to an aromatic ring is 1. The van der Waals surface area contributed by atoms with Crippen molar-refractivity contribution in [1.29, 1.82) is 0 Å². The molecule has 0 spiro atoms. The van der Waals surface area contributed by atoms with Crippen LogP contribution in [0.3, 0.4) is 0 Å².